The van der Waals surface area contributed by atoms with E-state index in [1.165, 1.54) is 13.8 Å². The van der Waals surface area contributed by atoms with Crippen LogP contribution in [0.4, 0.5) is 18.9 Å². The molecule has 0 bridgehead atoms. The molecule has 0 saturated carbocycles. The third-order valence-corrected chi connectivity index (χ3v) is 3.79. The highest BCUT2D eigenvalue weighted by Gasteiger charge is 2.32. The van der Waals surface area contributed by atoms with Crippen LogP contribution in [0.1, 0.15) is 31.9 Å². The lowest BCUT2D eigenvalue weighted by Crippen LogP contribution is -2.40. The second-order valence-electron chi connectivity index (χ2n) is 5.47. The van der Waals surface area contributed by atoms with Gasteiger partial charge in [-0.3, -0.25) is 0 Å². The van der Waals surface area contributed by atoms with Crippen LogP contribution in [0.2, 0.25) is 0 Å². The molecule has 0 aliphatic heterocycles. The number of hydrogen-bond donors (Lipinski definition) is 2. The molecule has 1 aromatic carbocycles. The number of carboxylic acid groups (broad SMARTS) is 1. The molecule has 2 N–H and O–H groups in total. The van der Waals surface area contributed by atoms with Gasteiger partial charge in [-0.1, -0.05) is 20.4 Å². The smallest absolute Gasteiger partial charge is 0.369 e. The molecule has 1 rings (SSSR count). The molecule has 0 amide bonds. The number of rotatable bonds is 8. The molecule has 0 unspecified atom stereocenters. The standard InChI is InChI=1S/C17H20F3NO5/c1-5-10-11(6-2)15(14(20)13(19)12(10)18)21(8(3)7-22)26-17(25)9(4)16(23)24/h8,22H,4-7H2,1-3H3,(H,23,24)/t8-/m0/s1. The summed E-state index contributed by atoms with van der Waals surface area (Å²) in [7, 11) is 0. The zero-order valence-corrected chi connectivity index (χ0v) is 14.6. The summed E-state index contributed by atoms with van der Waals surface area (Å²) in [4.78, 5) is 27.6. The van der Waals surface area contributed by atoms with Crippen molar-refractivity contribution >= 4 is 17.6 Å². The fraction of sp³-hybridized carbons (Fsp3) is 0.412. The second kappa shape index (κ2) is 8.70. The molecule has 1 atom stereocenters. The fourth-order valence-corrected chi connectivity index (χ4v) is 2.38. The summed E-state index contributed by atoms with van der Waals surface area (Å²) in [6.07, 6.45) is 0.106. The Morgan fingerprint density at radius 1 is 1.12 bits per heavy atom. The molecule has 144 valence electrons. The first kappa shape index (κ1) is 21.5. The van der Waals surface area contributed by atoms with Gasteiger partial charge in [0.15, 0.2) is 17.5 Å². The van der Waals surface area contributed by atoms with Crippen molar-refractivity contribution in [3.05, 3.63) is 40.7 Å². The van der Waals surface area contributed by atoms with Crippen molar-refractivity contribution in [3.8, 4) is 0 Å². The summed E-state index contributed by atoms with van der Waals surface area (Å²) >= 11 is 0. The van der Waals surface area contributed by atoms with Gasteiger partial charge in [-0.05, 0) is 30.9 Å². The minimum Gasteiger partial charge on any atom is -0.477 e. The average molecular weight is 375 g/mol. The maximum atomic E-state index is 14.5. The summed E-state index contributed by atoms with van der Waals surface area (Å²) in [5.41, 5.74) is -1.59. The quantitative estimate of drug-likeness (QED) is 0.239. The van der Waals surface area contributed by atoms with Gasteiger partial charge in [0.2, 0.25) is 0 Å². The van der Waals surface area contributed by atoms with E-state index in [0.29, 0.717) is 5.06 Å². The molecule has 0 spiro atoms. The van der Waals surface area contributed by atoms with E-state index in [1.54, 1.807) is 6.92 Å². The van der Waals surface area contributed by atoms with Crippen LogP contribution in [0.25, 0.3) is 0 Å². The molecule has 0 aromatic heterocycles. The number of aliphatic hydroxyl groups excluding tert-OH is 1. The molecule has 0 aliphatic rings. The van der Waals surface area contributed by atoms with Crippen LogP contribution in [-0.2, 0) is 27.3 Å². The Morgan fingerprint density at radius 3 is 2.08 bits per heavy atom. The highest BCUT2D eigenvalue weighted by Crippen LogP contribution is 2.34. The summed E-state index contributed by atoms with van der Waals surface area (Å²) < 4.78 is 42.6. The number of halogens is 3. The van der Waals surface area contributed by atoms with Gasteiger partial charge < -0.3 is 15.1 Å². The van der Waals surface area contributed by atoms with Gasteiger partial charge in [-0.15, -0.1) is 0 Å². The number of carbonyl (C=O) groups excluding carboxylic acids is 1. The number of carboxylic acids is 1. The zero-order valence-electron chi connectivity index (χ0n) is 14.6. The topological polar surface area (TPSA) is 87.1 Å². The summed E-state index contributed by atoms with van der Waals surface area (Å²) in [5, 5.41) is 18.7. The Bertz CT molecular complexity index is 736. The molecule has 0 fully saturated rings. The lowest BCUT2D eigenvalue weighted by atomic mass is 9.98. The van der Waals surface area contributed by atoms with E-state index < -0.39 is 53.3 Å². The van der Waals surface area contributed by atoms with Crippen molar-refractivity contribution in [2.45, 2.75) is 39.7 Å². The van der Waals surface area contributed by atoms with Gasteiger partial charge in [0, 0.05) is 0 Å². The molecule has 0 heterocycles. The average Bonchev–Trinajstić information content (AvgIpc) is 2.62. The van der Waals surface area contributed by atoms with E-state index in [1.807, 2.05) is 0 Å². The third-order valence-electron chi connectivity index (χ3n) is 3.79. The van der Waals surface area contributed by atoms with Crippen LogP contribution in [0.5, 0.6) is 0 Å². The normalized spacial score (nSPS) is 11.8. The van der Waals surface area contributed by atoms with Crippen molar-refractivity contribution in [3.63, 3.8) is 0 Å². The predicted octanol–water partition coefficient (Wildman–Crippen LogP) is 2.51. The number of hydrogen-bond acceptors (Lipinski definition) is 5. The lowest BCUT2D eigenvalue weighted by Gasteiger charge is -2.31. The van der Waals surface area contributed by atoms with E-state index in [4.69, 9.17) is 9.94 Å². The van der Waals surface area contributed by atoms with Crippen molar-refractivity contribution in [2.75, 3.05) is 11.7 Å². The highest BCUT2D eigenvalue weighted by atomic mass is 19.2. The van der Waals surface area contributed by atoms with Crippen LogP contribution >= 0.6 is 0 Å². The summed E-state index contributed by atoms with van der Waals surface area (Å²) in [6.45, 7) is 6.81. The molecule has 0 radical (unpaired) electrons. The molecule has 26 heavy (non-hydrogen) atoms. The van der Waals surface area contributed by atoms with Crippen LogP contribution in [0.15, 0.2) is 12.2 Å². The monoisotopic (exact) mass is 375 g/mol. The van der Waals surface area contributed by atoms with Gasteiger partial charge >= 0.3 is 11.9 Å². The first-order valence-electron chi connectivity index (χ1n) is 7.84. The Kier molecular flexibility index (Phi) is 7.19. The highest BCUT2D eigenvalue weighted by molar-refractivity contribution is 6.12. The van der Waals surface area contributed by atoms with Crippen molar-refractivity contribution in [2.24, 2.45) is 0 Å². The predicted molar refractivity (Wildman–Crippen MR) is 87.0 cm³/mol. The van der Waals surface area contributed by atoms with E-state index in [0.717, 1.165) is 0 Å². The van der Waals surface area contributed by atoms with Gasteiger partial charge in [-0.2, -0.15) is 5.06 Å². The van der Waals surface area contributed by atoms with Crippen molar-refractivity contribution in [1.82, 2.24) is 0 Å². The van der Waals surface area contributed by atoms with Gasteiger partial charge in [0.05, 0.1) is 12.6 Å². The van der Waals surface area contributed by atoms with Gasteiger partial charge in [0.25, 0.3) is 0 Å². The first-order valence-corrected chi connectivity index (χ1v) is 7.84. The Morgan fingerprint density at radius 2 is 1.65 bits per heavy atom. The van der Waals surface area contributed by atoms with Crippen molar-refractivity contribution < 1.29 is 37.8 Å². The summed E-state index contributed by atoms with van der Waals surface area (Å²) in [6, 6.07) is -1.07. The SMILES string of the molecule is C=C(C(=O)O)C(=O)ON(c1c(F)c(F)c(F)c(CC)c1CC)[C@@H](C)CO. The number of aliphatic hydroxyl groups is 1. The van der Waals surface area contributed by atoms with E-state index in [9.17, 15) is 27.9 Å². The Labute approximate surface area is 148 Å². The molecule has 1 aromatic rings. The first-order chi connectivity index (χ1) is 12.1. The van der Waals surface area contributed by atoms with Crippen LogP contribution < -0.4 is 5.06 Å². The third kappa shape index (κ3) is 3.98. The van der Waals surface area contributed by atoms with Crippen LogP contribution in [0.3, 0.4) is 0 Å². The molecule has 0 saturated heterocycles. The fourth-order valence-electron chi connectivity index (χ4n) is 2.38. The number of benzene rings is 1. The van der Waals surface area contributed by atoms with E-state index in [2.05, 4.69) is 6.58 Å². The molecule has 9 heteroatoms. The lowest BCUT2D eigenvalue weighted by molar-refractivity contribution is -0.146. The maximum Gasteiger partial charge on any atom is 0.369 e. The Hall–Kier alpha value is -2.55. The van der Waals surface area contributed by atoms with E-state index >= 15 is 0 Å². The minimum atomic E-state index is -1.75. The van der Waals surface area contributed by atoms with Crippen LogP contribution in [-0.4, -0.2) is 34.8 Å². The van der Waals surface area contributed by atoms with Crippen molar-refractivity contribution in [1.29, 1.82) is 0 Å². The Balaban J connectivity index is 3.62. The van der Waals surface area contributed by atoms with Gasteiger partial charge in [0.1, 0.15) is 11.3 Å². The number of nitrogens with zero attached hydrogens (tertiary/aromatic N) is 1. The number of anilines is 1. The maximum absolute atomic E-state index is 14.5. The second-order valence-corrected chi connectivity index (χ2v) is 5.47. The van der Waals surface area contributed by atoms with E-state index in [-0.39, 0.29) is 24.0 Å². The molecular weight excluding hydrogens is 355 g/mol. The summed E-state index contributed by atoms with van der Waals surface area (Å²) in [5.74, 6) is -7.80. The number of hydroxylamine groups is 1. The van der Waals surface area contributed by atoms with Crippen LogP contribution in [0, 0.1) is 17.5 Å². The van der Waals surface area contributed by atoms with Gasteiger partial charge in [-0.25, -0.2) is 22.8 Å². The molecular formula is C17H20F3NO5. The number of carbonyl (C=O) groups is 2. The number of aliphatic carboxylic acids is 1. The molecule has 0 aliphatic carbocycles. The molecule has 6 nitrogen and oxygen atoms in total. The largest absolute Gasteiger partial charge is 0.477 e. The minimum absolute atomic E-state index is 0.0380. The zero-order chi connectivity index (χ0) is 20.2.